The van der Waals surface area contributed by atoms with Crippen molar-refractivity contribution in [2.24, 2.45) is 0 Å². The average Bonchev–Trinajstić information content (AvgIpc) is 2.84. The highest BCUT2D eigenvalue weighted by Crippen LogP contribution is 2.17. The SMILES string of the molecule is Cc1[nH]c(=O)sc1S(=O)(=O)NCCNC(=O)NC1CCCCC1. The van der Waals surface area contributed by atoms with Crippen molar-refractivity contribution in [2.45, 2.75) is 49.3 Å². The molecule has 0 unspecified atom stereocenters. The Morgan fingerprint density at radius 2 is 1.96 bits per heavy atom. The van der Waals surface area contributed by atoms with E-state index < -0.39 is 14.9 Å². The molecule has 1 aliphatic carbocycles. The number of nitrogens with one attached hydrogen (secondary N) is 4. The van der Waals surface area contributed by atoms with Crippen LogP contribution in [0, 0.1) is 6.92 Å². The molecule has 0 radical (unpaired) electrons. The van der Waals surface area contributed by atoms with Crippen molar-refractivity contribution >= 4 is 27.4 Å². The molecule has 130 valence electrons. The van der Waals surface area contributed by atoms with Crippen molar-refractivity contribution in [3.8, 4) is 0 Å². The monoisotopic (exact) mass is 362 g/mol. The minimum atomic E-state index is -3.73. The van der Waals surface area contributed by atoms with Crippen LogP contribution in [0.5, 0.6) is 0 Å². The lowest BCUT2D eigenvalue weighted by Gasteiger charge is -2.22. The van der Waals surface area contributed by atoms with Gasteiger partial charge in [0.2, 0.25) is 0 Å². The molecule has 4 N–H and O–H groups in total. The summed E-state index contributed by atoms with van der Waals surface area (Å²) in [4.78, 5) is 24.9. The number of sulfonamides is 1. The van der Waals surface area contributed by atoms with Crippen LogP contribution < -0.4 is 20.2 Å². The minimum absolute atomic E-state index is 0.0193. The number of aromatic nitrogens is 1. The summed E-state index contributed by atoms with van der Waals surface area (Å²) in [7, 11) is -3.73. The second-order valence-corrected chi connectivity index (χ2v) is 8.51. The first-order valence-corrected chi connectivity index (χ1v) is 9.92. The van der Waals surface area contributed by atoms with E-state index in [1.54, 1.807) is 0 Å². The molecule has 0 aliphatic heterocycles. The maximum absolute atomic E-state index is 12.0. The Morgan fingerprint density at radius 1 is 1.26 bits per heavy atom. The van der Waals surface area contributed by atoms with Crippen molar-refractivity contribution in [3.63, 3.8) is 0 Å². The standard InChI is InChI=1S/C13H22N4O4S2/c1-9-11(22-13(19)16-9)23(20,21)15-8-7-14-12(18)17-10-5-3-2-4-6-10/h10,15H,2-8H2,1H3,(H,16,19)(H2,14,17,18). The molecule has 0 aromatic carbocycles. The smallest absolute Gasteiger partial charge is 0.315 e. The zero-order valence-corrected chi connectivity index (χ0v) is 14.6. The highest BCUT2D eigenvalue weighted by Gasteiger charge is 2.20. The van der Waals surface area contributed by atoms with E-state index in [1.807, 2.05) is 0 Å². The van der Waals surface area contributed by atoms with Gasteiger partial charge in [-0.05, 0) is 19.8 Å². The van der Waals surface area contributed by atoms with E-state index in [9.17, 15) is 18.0 Å². The average molecular weight is 362 g/mol. The van der Waals surface area contributed by atoms with Crippen molar-refractivity contribution in [2.75, 3.05) is 13.1 Å². The number of hydrogen-bond acceptors (Lipinski definition) is 5. The molecule has 2 amide bonds. The zero-order valence-electron chi connectivity index (χ0n) is 13.0. The summed E-state index contributed by atoms with van der Waals surface area (Å²) in [5, 5.41) is 5.52. The molecule has 2 rings (SSSR count). The topological polar surface area (TPSA) is 120 Å². The van der Waals surface area contributed by atoms with Crippen molar-refractivity contribution < 1.29 is 13.2 Å². The minimum Gasteiger partial charge on any atom is -0.337 e. The molecule has 0 saturated heterocycles. The van der Waals surface area contributed by atoms with E-state index in [0.717, 1.165) is 25.7 Å². The van der Waals surface area contributed by atoms with Crippen LogP contribution in [0.25, 0.3) is 0 Å². The van der Waals surface area contributed by atoms with Gasteiger partial charge in [0, 0.05) is 24.8 Å². The van der Waals surface area contributed by atoms with Crippen molar-refractivity contribution in [3.05, 3.63) is 15.4 Å². The number of amides is 2. The van der Waals surface area contributed by atoms with Crippen LogP contribution in [-0.4, -0.2) is 38.6 Å². The Labute approximate surface area is 139 Å². The van der Waals surface area contributed by atoms with Gasteiger partial charge < -0.3 is 15.6 Å². The molecule has 8 nitrogen and oxygen atoms in total. The lowest BCUT2D eigenvalue weighted by molar-refractivity contribution is 0.233. The van der Waals surface area contributed by atoms with Crippen LogP contribution in [0.4, 0.5) is 4.79 Å². The fourth-order valence-corrected chi connectivity index (χ4v) is 4.93. The predicted octanol–water partition coefficient (Wildman–Crippen LogP) is 0.655. The summed E-state index contributed by atoms with van der Waals surface area (Å²) in [5.74, 6) is 0. The van der Waals surface area contributed by atoms with Gasteiger partial charge in [-0.2, -0.15) is 0 Å². The Balaban J connectivity index is 1.73. The molecule has 1 aliphatic rings. The van der Waals surface area contributed by atoms with Crippen LogP contribution in [0.1, 0.15) is 37.8 Å². The van der Waals surface area contributed by atoms with Gasteiger partial charge in [-0.1, -0.05) is 30.6 Å². The fraction of sp³-hybridized carbons (Fsp3) is 0.692. The molecule has 0 spiro atoms. The number of carbonyl (C=O) groups is 1. The van der Waals surface area contributed by atoms with Crippen LogP contribution in [-0.2, 0) is 10.0 Å². The Bertz CT molecular complexity index is 689. The highest BCUT2D eigenvalue weighted by atomic mass is 32.2. The molecule has 1 aromatic rings. The number of thiazole rings is 1. The Kier molecular flexibility index (Phi) is 6.19. The normalized spacial score (nSPS) is 16.2. The second-order valence-electron chi connectivity index (χ2n) is 5.56. The molecule has 10 heteroatoms. The molecule has 1 heterocycles. The Morgan fingerprint density at radius 3 is 2.57 bits per heavy atom. The first-order valence-electron chi connectivity index (χ1n) is 7.62. The number of rotatable bonds is 6. The van der Waals surface area contributed by atoms with Crippen LogP contribution >= 0.6 is 11.3 Å². The van der Waals surface area contributed by atoms with Gasteiger partial charge in [0.25, 0.3) is 10.0 Å². The lowest BCUT2D eigenvalue weighted by atomic mass is 9.96. The maximum atomic E-state index is 12.0. The van der Waals surface area contributed by atoms with Crippen LogP contribution in [0.2, 0.25) is 0 Å². The summed E-state index contributed by atoms with van der Waals surface area (Å²) in [6, 6.07) is -0.0706. The highest BCUT2D eigenvalue weighted by molar-refractivity contribution is 7.91. The van der Waals surface area contributed by atoms with E-state index in [4.69, 9.17) is 0 Å². The molecule has 23 heavy (non-hydrogen) atoms. The third-order valence-corrected chi connectivity index (χ3v) is 6.73. The largest absolute Gasteiger partial charge is 0.337 e. The van der Waals surface area contributed by atoms with Crippen molar-refractivity contribution in [1.29, 1.82) is 0 Å². The zero-order chi connectivity index (χ0) is 16.9. The van der Waals surface area contributed by atoms with Crippen molar-refractivity contribution in [1.82, 2.24) is 20.3 Å². The molecule has 1 saturated carbocycles. The molecule has 1 aromatic heterocycles. The number of H-pyrrole nitrogens is 1. The molecular formula is C13H22N4O4S2. The predicted molar refractivity (Wildman–Crippen MR) is 88.3 cm³/mol. The number of hydrogen-bond donors (Lipinski definition) is 4. The molecule has 0 atom stereocenters. The summed E-state index contributed by atoms with van der Waals surface area (Å²) in [5.41, 5.74) is 0.315. The third-order valence-electron chi connectivity index (χ3n) is 3.67. The van der Waals surface area contributed by atoms with Crippen LogP contribution in [0.3, 0.4) is 0 Å². The first-order chi connectivity index (χ1) is 10.9. The van der Waals surface area contributed by atoms with Gasteiger partial charge in [-0.15, -0.1) is 0 Å². The molecule has 0 bridgehead atoms. The summed E-state index contributed by atoms with van der Waals surface area (Å²) < 4.78 is 26.4. The number of aryl methyl sites for hydroxylation is 1. The van der Waals surface area contributed by atoms with Gasteiger partial charge >= 0.3 is 10.9 Å². The van der Waals surface area contributed by atoms with E-state index in [-0.39, 0.29) is 29.4 Å². The van der Waals surface area contributed by atoms with Gasteiger partial charge in [0.1, 0.15) is 0 Å². The number of aromatic amines is 1. The molecular weight excluding hydrogens is 340 g/mol. The van der Waals surface area contributed by atoms with Gasteiger partial charge in [-0.25, -0.2) is 17.9 Å². The van der Waals surface area contributed by atoms with Gasteiger partial charge in [0.05, 0.1) is 0 Å². The van der Waals surface area contributed by atoms with E-state index in [0.29, 0.717) is 17.0 Å². The van der Waals surface area contributed by atoms with Gasteiger partial charge in [0.15, 0.2) is 4.21 Å². The maximum Gasteiger partial charge on any atom is 0.315 e. The quantitative estimate of drug-likeness (QED) is 0.555. The summed E-state index contributed by atoms with van der Waals surface area (Å²) in [6.07, 6.45) is 5.46. The summed E-state index contributed by atoms with van der Waals surface area (Å²) >= 11 is 0.648. The van der Waals surface area contributed by atoms with E-state index in [2.05, 4.69) is 20.3 Å². The number of carbonyl (C=O) groups excluding carboxylic acids is 1. The van der Waals surface area contributed by atoms with E-state index in [1.165, 1.54) is 13.3 Å². The van der Waals surface area contributed by atoms with E-state index >= 15 is 0 Å². The van der Waals surface area contributed by atoms with Gasteiger partial charge in [-0.3, -0.25) is 4.79 Å². The summed E-state index contributed by atoms with van der Waals surface area (Å²) in [6.45, 7) is 1.77. The second kappa shape index (κ2) is 7.93. The Hall–Kier alpha value is -1.39. The first kappa shape index (κ1) is 18.0. The third kappa shape index (κ3) is 5.33. The fourth-order valence-electron chi connectivity index (χ4n) is 2.56. The van der Waals surface area contributed by atoms with Crippen LogP contribution in [0.15, 0.2) is 9.00 Å². The lowest BCUT2D eigenvalue weighted by Crippen LogP contribution is -2.45. The number of urea groups is 1. The molecule has 1 fully saturated rings.